The van der Waals surface area contributed by atoms with Crippen molar-refractivity contribution in [1.29, 1.82) is 0 Å². The molecule has 0 saturated carbocycles. The number of aliphatic carboxylic acids is 1. The zero-order valence-corrected chi connectivity index (χ0v) is 13.4. The Morgan fingerprint density at radius 2 is 1.81 bits per heavy atom. The number of hydrogen-bond donors (Lipinski definition) is 2. The molecule has 0 aliphatic rings. The quantitative estimate of drug-likeness (QED) is 0.836. The average Bonchev–Trinajstić information content (AvgIpc) is 2.36. The highest BCUT2D eigenvalue weighted by Crippen LogP contribution is 2.24. The van der Waals surface area contributed by atoms with Gasteiger partial charge in [0.2, 0.25) is 10.0 Å². The molecule has 0 fully saturated rings. The maximum Gasteiger partial charge on any atom is 0.304 e. The van der Waals surface area contributed by atoms with Crippen molar-refractivity contribution in [2.45, 2.75) is 38.1 Å². The minimum Gasteiger partial charge on any atom is -0.497 e. The van der Waals surface area contributed by atoms with Gasteiger partial charge >= 0.3 is 5.97 Å². The summed E-state index contributed by atoms with van der Waals surface area (Å²) in [5, 5.41) is 8.93. The van der Waals surface area contributed by atoms with Crippen LogP contribution in [0.1, 0.15) is 27.2 Å². The second-order valence-corrected chi connectivity index (χ2v) is 7.53. The molecule has 0 radical (unpaired) electrons. The van der Waals surface area contributed by atoms with E-state index in [1.807, 2.05) is 0 Å². The fourth-order valence-corrected chi connectivity index (χ4v) is 3.15. The molecule has 0 aliphatic heterocycles. The van der Waals surface area contributed by atoms with E-state index in [0.29, 0.717) is 5.75 Å². The molecule has 0 heterocycles. The molecule has 0 bridgehead atoms. The summed E-state index contributed by atoms with van der Waals surface area (Å²) in [6, 6.07) is 5.21. The summed E-state index contributed by atoms with van der Waals surface area (Å²) in [7, 11) is -2.29. The van der Waals surface area contributed by atoms with Gasteiger partial charge in [0, 0.05) is 6.04 Å². The Labute approximate surface area is 125 Å². The number of sulfonamides is 1. The smallest absolute Gasteiger partial charge is 0.304 e. The van der Waals surface area contributed by atoms with Crippen LogP contribution in [0.2, 0.25) is 0 Å². The SMILES string of the molecule is COc1ccc(S(=O)(=O)NC(CC(=O)O)C(C)(C)C)cc1. The second kappa shape index (κ2) is 6.44. The lowest BCUT2D eigenvalue weighted by Gasteiger charge is -2.30. The van der Waals surface area contributed by atoms with E-state index in [0.717, 1.165) is 0 Å². The van der Waals surface area contributed by atoms with Gasteiger partial charge in [-0.3, -0.25) is 4.79 Å². The molecular weight excluding hydrogens is 294 g/mol. The number of hydrogen-bond acceptors (Lipinski definition) is 4. The Morgan fingerprint density at radius 3 is 2.19 bits per heavy atom. The highest BCUT2D eigenvalue weighted by atomic mass is 32.2. The normalized spacial score (nSPS) is 13.7. The molecular formula is C14H21NO5S. The first-order valence-electron chi connectivity index (χ1n) is 6.44. The predicted molar refractivity (Wildman–Crippen MR) is 78.8 cm³/mol. The fourth-order valence-electron chi connectivity index (χ4n) is 1.71. The van der Waals surface area contributed by atoms with Gasteiger partial charge in [-0.05, 0) is 29.7 Å². The molecule has 2 N–H and O–H groups in total. The van der Waals surface area contributed by atoms with Gasteiger partial charge in [0.15, 0.2) is 0 Å². The molecule has 0 saturated heterocycles. The maximum atomic E-state index is 12.3. The van der Waals surface area contributed by atoms with Gasteiger partial charge in [-0.15, -0.1) is 0 Å². The Balaban J connectivity index is 3.02. The first-order valence-corrected chi connectivity index (χ1v) is 7.93. The summed E-state index contributed by atoms with van der Waals surface area (Å²) < 4.78 is 32.1. The highest BCUT2D eigenvalue weighted by Gasteiger charge is 2.31. The minimum absolute atomic E-state index is 0.0722. The molecule has 1 aromatic rings. The van der Waals surface area contributed by atoms with Crippen LogP contribution in [-0.2, 0) is 14.8 Å². The topological polar surface area (TPSA) is 92.7 Å². The van der Waals surface area contributed by atoms with E-state index in [2.05, 4.69) is 4.72 Å². The van der Waals surface area contributed by atoms with Crippen molar-refractivity contribution in [3.8, 4) is 5.75 Å². The van der Waals surface area contributed by atoms with Crippen LogP contribution in [0.5, 0.6) is 5.75 Å². The lowest BCUT2D eigenvalue weighted by molar-refractivity contribution is -0.138. The summed E-state index contributed by atoms with van der Waals surface area (Å²) in [4.78, 5) is 11.0. The predicted octanol–water partition coefficient (Wildman–Crippen LogP) is 1.86. The van der Waals surface area contributed by atoms with E-state index in [9.17, 15) is 13.2 Å². The summed E-state index contributed by atoms with van der Waals surface area (Å²) >= 11 is 0. The molecule has 0 amide bonds. The first kappa shape index (κ1) is 17.5. The number of carbonyl (C=O) groups is 1. The van der Waals surface area contributed by atoms with Gasteiger partial charge in [0.1, 0.15) is 5.75 Å². The standard InChI is InChI=1S/C14H21NO5S/c1-14(2,3)12(9-13(16)17)15-21(18,19)11-7-5-10(20-4)6-8-11/h5-8,12,15H,9H2,1-4H3,(H,16,17). The third kappa shape index (κ3) is 5.02. The molecule has 6 nitrogen and oxygen atoms in total. The molecule has 1 rings (SSSR count). The first-order chi connectivity index (χ1) is 9.56. The van der Waals surface area contributed by atoms with Crippen molar-refractivity contribution >= 4 is 16.0 Å². The van der Waals surface area contributed by atoms with E-state index in [-0.39, 0.29) is 11.3 Å². The second-order valence-electron chi connectivity index (χ2n) is 5.81. The van der Waals surface area contributed by atoms with Gasteiger partial charge in [-0.2, -0.15) is 0 Å². The molecule has 1 atom stereocenters. The van der Waals surface area contributed by atoms with Crippen LogP contribution in [0.3, 0.4) is 0 Å². The van der Waals surface area contributed by atoms with Crippen LogP contribution in [0.4, 0.5) is 0 Å². The van der Waals surface area contributed by atoms with Crippen molar-refractivity contribution in [2.75, 3.05) is 7.11 Å². The van der Waals surface area contributed by atoms with E-state index in [1.54, 1.807) is 20.8 Å². The number of carboxylic acids is 1. The van der Waals surface area contributed by atoms with Crippen molar-refractivity contribution in [3.63, 3.8) is 0 Å². The Bertz CT molecular complexity index is 587. The molecule has 1 aromatic carbocycles. The molecule has 7 heteroatoms. The largest absolute Gasteiger partial charge is 0.497 e. The molecule has 1 unspecified atom stereocenters. The van der Waals surface area contributed by atoms with Gasteiger partial charge in [-0.1, -0.05) is 20.8 Å². The molecule has 0 spiro atoms. The molecule has 0 aliphatic carbocycles. The van der Waals surface area contributed by atoms with Gasteiger partial charge in [-0.25, -0.2) is 13.1 Å². The van der Waals surface area contributed by atoms with Crippen LogP contribution in [-0.4, -0.2) is 32.6 Å². The zero-order valence-electron chi connectivity index (χ0n) is 12.6. The molecule has 118 valence electrons. The maximum absolute atomic E-state index is 12.3. The van der Waals surface area contributed by atoms with Crippen molar-refractivity contribution in [2.24, 2.45) is 5.41 Å². The fraction of sp³-hybridized carbons (Fsp3) is 0.500. The summed E-state index contributed by atoms with van der Waals surface area (Å²) in [5.74, 6) is -0.501. The number of nitrogens with one attached hydrogen (secondary N) is 1. The number of carboxylic acid groups (broad SMARTS) is 1. The Kier molecular flexibility index (Phi) is 5.36. The number of ether oxygens (including phenoxy) is 1. The average molecular weight is 315 g/mol. The third-order valence-corrected chi connectivity index (χ3v) is 4.58. The van der Waals surface area contributed by atoms with Crippen molar-refractivity contribution < 1.29 is 23.1 Å². The Morgan fingerprint density at radius 1 is 1.29 bits per heavy atom. The number of methoxy groups -OCH3 is 1. The van der Waals surface area contributed by atoms with Gasteiger partial charge in [0.25, 0.3) is 0 Å². The summed E-state index contributed by atoms with van der Waals surface area (Å²) in [6.45, 7) is 5.37. The van der Waals surface area contributed by atoms with Crippen molar-refractivity contribution in [1.82, 2.24) is 4.72 Å². The van der Waals surface area contributed by atoms with E-state index in [4.69, 9.17) is 9.84 Å². The third-order valence-electron chi connectivity index (χ3n) is 3.09. The number of rotatable bonds is 6. The monoisotopic (exact) mass is 315 g/mol. The van der Waals surface area contributed by atoms with Crippen LogP contribution in [0, 0.1) is 5.41 Å². The highest BCUT2D eigenvalue weighted by molar-refractivity contribution is 7.89. The van der Waals surface area contributed by atoms with E-state index >= 15 is 0 Å². The van der Waals surface area contributed by atoms with E-state index in [1.165, 1.54) is 31.4 Å². The van der Waals surface area contributed by atoms with E-state index < -0.39 is 27.4 Å². The van der Waals surface area contributed by atoms with Crippen LogP contribution < -0.4 is 9.46 Å². The van der Waals surface area contributed by atoms with Gasteiger partial charge in [0.05, 0.1) is 18.4 Å². The van der Waals surface area contributed by atoms with Gasteiger partial charge < -0.3 is 9.84 Å². The lowest BCUT2D eigenvalue weighted by atomic mass is 9.85. The summed E-state index contributed by atoms with van der Waals surface area (Å²) in [5.41, 5.74) is -0.516. The van der Waals surface area contributed by atoms with Crippen LogP contribution in [0.25, 0.3) is 0 Å². The van der Waals surface area contributed by atoms with Crippen LogP contribution >= 0.6 is 0 Å². The van der Waals surface area contributed by atoms with Crippen molar-refractivity contribution in [3.05, 3.63) is 24.3 Å². The Hall–Kier alpha value is -1.60. The molecule has 0 aromatic heterocycles. The van der Waals surface area contributed by atoms with Crippen LogP contribution in [0.15, 0.2) is 29.2 Å². The molecule has 21 heavy (non-hydrogen) atoms. The zero-order chi connectivity index (χ0) is 16.3. The lowest BCUT2D eigenvalue weighted by Crippen LogP contribution is -2.44. The summed E-state index contributed by atoms with van der Waals surface area (Å²) in [6.07, 6.45) is -0.279. The minimum atomic E-state index is -3.78. The number of benzene rings is 1.